The molecule has 0 radical (unpaired) electrons. The number of nitrogens with zero attached hydrogens (tertiary/aromatic N) is 5. The first-order chi connectivity index (χ1) is 12.7. The third-order valence-corrected chi connectivity index (χ3v) is 5.53. The first-order valence-electron chi connectivity index (χ1n) is 9.11. The highest BCUT2D eigenvalue weighted by molar-refractivity contribution is 7.07. The molecular weight excluding hydrogens is 344 g/mol. The largest absolute Gasteiger partial charge is 0.341 e. The standard InChI is InChI=1S/C19H24N6S/c1-13-7-17(19-20-9-14(2)23-19)24-18(22-13)8-15-3-5-25(6-4-15)10-16-11-26-12-21-16/h7,9,11-12,15H,3-6,8,10H2,1-2H3,(H,20,23). The number of rotatable bonds is 5. The predicted molar refractivity (Wildman–Crippen MR) is 103 cm³/mol. The van der Waals surface area contributed by atoms with Crippen LogP contribution >= 0.6 is 11.3 Å². The summed E-state index contributed by atoms with van der Waals surface area (Å²) in [5.74, 6) is 2.41. The minimum absolute atomic E-state index is 0.648. The Morgan fingerprint density at radius 1 is 1.19 bits per heavy atom. The summed E-state index contributed by atoms with van der Waals surface area (Å²) in [6.07, 6.45) is 5.16. The fourth-order valence-electron chi connectivity index (χ4n) is 3.54. The van der Waals surface area contributed by atoms with Gasteiger partial charge in [-0.15, -0.1) is 11.3 Å². The number of likely N-dealkylation sites (tertiary alicyclic amines) is 1. The Morgan fingerprint density at radius 2 is 2.04 bits per heavy atom. The van der Waals surface area contributed by atoms with Gasteiger partial charge < -0.3 is 4.98 Å². The van der Waals surface area contributed by atoms with Gasteiger partial charge in [0.05, 0.1) is 11.2 Å². The van der Waals surface area contributed by atoms with E-state index >= 15 is 0 Å². The summed E-state index contributed by atoms with van der Waals surface area (Å²) in [6, 6.07) is 2.00. The molecule has 1 aliphatic heterocycles. The van der Waals surface area contributed by atoms with E-state index < -0.39 is 0 Å². The molecule has 4 heterocycles. The first-order valence-corrected chi connectivity index (χ1v) is 10.1. The lowest BCUT2D eigenvalue weighted by Crippen LogP contribution is -2.34. The van der Waals surface area contributed by atoms with Crippen molar-refractivity contribution in [3.05, 3.63) is 46.1 Å². The highest BCUT2D eigenvalue weighted by Gasteiger charge is 2.21. The van der Waals surface area contributed by atoms with Crippen LogP contribution in [0, 0.1) is 19.8 Å². The van der Waals surface area contributed by atoms with Crippen molar-refractivity contribution in [2.75, 3.05) is 13.1 Å². The molecule has 0 aliphatic carbocycles. The molecule has 0 spiro atoms. The number of hydrogen-bond donors (Lipinski definition) is 1. The zero-order valence-corrected chi connectivity index (χ0v) is 16.1. The van der Waals surface area contributed by atoms with E-state index in [-0.39, 0.29) is 0 Å². The Labute approximate surface area is 157 Å². The van der Waals surface area contributed by atoms with Crippen molar-refractivity contribution in [3.63, 3.8) is 0 Å². The van der Waals surface area contributed by atoms with Gasteiger partial charge in [0, 0.05) is 35.9 Å². The van der Waals surface area contributed by atoms with Gasteiger partial charge in [-0.25, -0.2) is 19.9 Å². The highest BCUT2D eigenvalue weighted by atomic mass is 32.1. The molecule has 0 amide bonds. The van der Waals surface area contributed by atoms with E-state index in [1.54, 1.807) is 11.3 Å². The summed E-state index contributed by atoms with van der Waals surface area (Å²) in [4.78, 5) is 24.0. The minimum Gasteiger partial charge on any atom is -0.341 e. The monoisotopic (exact) mass is 368 g/mol. The molecule has 1 N–H and O–H groups in total. The molecule has 1 aliphatic rings. The van der Waals surface area contributed by atoms with Gasteiger partial charge in [-0.1, -0.05) is 0 Å². The molecule has 1 fully saturated rings. The zero-order chi connectivity index (χ0) is 17.9. The third kappa shape index (κ3) is 4.16. The molecule has 0 atom stereocenters. The van der Waals surface area contributed by atoms with Crippen LogP contribution in [0.25, 0.3) is 11.5 Å². The average Bonchev–Trinajstić information content (AvgIpc) is 3.28. The van der Waals surface area contributed by atoms with Gasteiger partial charge in [-0.05, 0) is 51.8 Å². The van der Waals surface area contributed by atoms with Crippen molar-refractivity contribution >= 4 is 11.3 Å². The number of thiazole rings is 1. The van der Waals surface area contributed by atoms with Crippen LogP contribution in [0.2, 0.25) is 0 Å². The number of H-pyrrole nitrogens is 1. The molecule has 3 aromatic rings. The van der Waals surface area contributed by atoms with E-state index in [0.717, 1.165) is 54.8 Å². The average molecular weight is 369 g/mol. The molecule has 7 heteroatoms. The summed E-state index contributed by atoms with van der Waals surface area (Å²) in [5.41, 5.74) is 6.04. The van der Waals surface area contributed by atoms with Crippen molar-refractivity contribution < 1.29 is 0 Å². The second-order valence-corrected chi connectivity index (χ2v) is 7.85. The maximum Gasteiger partial charge on any atom is 0.156 e. The SMILES string of the molecule is Cc1cc(-c2ncc(C)[nH]2)nc(CC2CCN(Cc3cscn3)CC2)n1. The molecule has 0 aromatic carbocycles. The van der Waals surface area contributed by atoms with Crippen LogP contribution in [-0.4, -0.2) is 42.9 Å². The molecule has 3 aromatic heterocycles. The maximum atomic E-state index is 4.76. The van der Waals surface area contributed by atoms with Gasteiger partial charge >= 0.3 is 0 Å². The zero-order valence-electron chi connectivity index (χ0n) is 15.3. The molecule has 6 nitrogen and oxygen atoms in total. The van der Waals surface area contributed by atoms with Crippen LogP contribution in [0.3, 0.4) is 0 Å². The van der Waals surface area contributed by atoms with Crippen molar-refractivity contribution in [3.8, 4) is 11.5 Å². The van der Waals surface area contributed by atoms with Gasteiger partial charge in [0.15, 0.2) is 5.82 Å². The van der Waals surface area contributed by atoms with Crippen molar-refractivity contribution in [2.45, 2.75) is 39.7 Å². The van der Waals surface area contributed by atoms with Gasteiger partial charge in [0.2, 0.25) is 0 Å². The fraction of sp³-hybridized carbons (Fsp3) is 0.474. The van der Waals surface area contributed by atoms with E-state index in [4.69, 9.17) is 4.98 Å². The normalized spacial score (nSPS) is 16.2. The number of nitrogens with one attached hydrogen (secondary N) is 1. The van der Waals surface area contributed by atoms with Gasteiger partial charge in [-0.3, -0.25) is 4.90 Å². The maximum absolute atomic E-state index is 4.76. The van der Waals surface area contributed by atoms with Crippen LogP contribution in [0.4, 0.5) is 0 Å². The van der Waals surface area contributed by atoms with Crippen LogP contribution in [0.5, 0.6) is 0 Å². The van der Waals surface area contributed by atoms with E-state index in [1.807, 2.05) is 31.6 Å². The Kier molecular flexibility index (Phi) is 5.08. The Hall–Kier alpha value is -2.12. The predicted octanol–water partition coefficient (Wildman–Crippen LogP) is 3.39. The topological polar surface area (TPSA) is 70.6 Å². The number of aromatic amines is 1. The van der Waals surface area contributed by atoms with Gasteiger partial charge in [-0.2, -0.15) is 0 Å². The van der Waals surface area contributed by atoms with Crippen LogP contribution in [-0.2, 0) is 13.0 Å². The molecule has 4 rings (SSSR count). The first kappa shape index (κ1) is 17.3. The second-order valence-electron chi connectivity index (χ2n) is 7.13. The number of aryl methyl sites for hydroxylation is 2. The molecule has 26 heavy (non-hydrogen) atoms. The smallest absolute Gasteiger partial charge is 0.156 e. The van der Waals surface area contributed by atoms with Crippen LogP contribution < -0.4 is 0 Å². The summed E-state index contributed by atoms with van der Waals surface area (Å²) in [7, 11) is 0. The molecule has 136 valence electrons. The van der Waals surface area contributed by atoms with E-state index in [1.165, 1.54) is 18.5 Å². The number of hydrogen-bond acceptors (Lipinski definition) is 6. The van der Waals surface area contributed by atoms with E-state index in [0.29, 0.717) is 5.92 Å². The molecule has 0 saturated carbocycles. The lowest BCUT2D eigenvalue weighted by molar-refractivity contribution is 0.174. The lowest BCUT2D eigenvalue weighted by atomic mass is 9.93. The highest BCUT2D eigenvalue weighted by Crippen LogP contribution is 2.23. The number of imidazole rings is 1. The van der Waals surface area contributed by atoms with E-state index in [9.17, 15) is 0 Å². The Morgan fingerprint density at radius 3 is 2.73 bits per heavy atom. The van der Waals surface area contributed by atoms with Crippen molar-refractivity contribution in [1.82, 2.24) is 29.8 Å². The van der Waals surface area contributed by atoms with E-state index in [2.05, 4.69) is 30.2 Å². The van der Waals surface area contributed by atoms with Crippen LogP contribution in [0.15, 0.2) is 23.2 Å². The summed E-state index contributed by atoms with van der Waals surface area (Å²) in [5, 5.41) is 2.14. The minimum atomic E-state index is 0.648. The van der Waals surface area contributed by atoms with Crippen molar-refractivity contribution in [1.29, 1.82) is 0 Å². The third-order valence-electron chi connectivity index (χ3n) is 4.89. The molecular formula is C19H24N6S. The number of aromatic nitrogens is 5. The fourth-order valence-corrected chi connectivity index (χ4v) is 4.09. The molecule has 0 unspecified atom stereocenters. The summed E-state index contributed by atoms with van der Waals surface area (Å²) in [6.45, 7) is 7.25. The lowest BCUT2D eigenvalue weighted by Gasteiger charge is -2.31. The summed E-state index contributed by atoms with van der Waals surface area (Å²) < 4.78 is 0. The number of piperidine rings is 1. The Bertz CT molecular complexity index is 849. The second kappa shape index (κ2) is 7.63. The van der Waals surface area contributed by atoms with Gasteiger partial charge in [0.1, 0.15) is 11.5 Å². The quantitative estimate of drug-likeness (QED) is 0.747. The Balaban J connectivity index is 1.38. The molecule has 1 saturated heterocycles. The van der Waals surface area contributed by atoms with Crippen molar-refractivity contribution in [2.24, 2.45) is 5.92 Å². The molecule has 0 bridgehead atoms. The van der Waals surface area contributed by atoms with Gasteiger partial charge in [0.25, 0.3) is 0 Å². The summed E-state index contributed by atoms with van der Waals surface area (Å²) >= 11 is 1.67. The van der Waals surface area contributed by atoms with Crippen LogP contribution in [0.1, 0.15) is 35.7 Å².